The average Bonchev–Trinajstić information content (AvgIpc) is 2.67. The molecule has 1 aromatic carbocycles. The fourth-order valence-electron chi connectivity index (χ4n) is 2.77. The summed E-state index contributed by atoms with van der Waals surface area (Å²) in [6.45, 7) is 4.90. The Balaban J connectivity index is 2.26. The number of hydrogen-bond donors (Lipinski definition) is 0. The highest BCUT2D eigenvalue weighted by Gasteiger charge is 2.18. The zero-order chi connectivity index (χ0) is 19.0. The molecule has 0 saturated carbocycles. The molecule has 0 N–H and O–H groups in total. The zero-order valence-electron chi connectivity index (χ0n) is 16.4. The number of ether oxygens (including phenoxy) is 2. The van der Waals surface area contributed by atoms with Gasteiger partial charge in [0, 0.05) is 0 Å². The van der Waals surface area contributed by atoms with E-state index in [9.17, 15) is 9.59 Å². The zero-order valence-corrected chi connectivity index (χ0v) is 16.4. The van der Waals surface area contributed by atoms with E-state index in [1.54, 1.807) is 24.3 Å². The monoisotopic (exact) mass is 362 g/mol. The lowest BCUT2D eigenvalue weighted by Gasteiger charge is -2.09. The van der Waals surface area contributed by atoms with Crippen molar-refractivity contribution in [3.05, 3.63) is 35.4 Å². The van der Waals surface area contributed by atoms with Crippen LogP contribution in [-0.2, 0) is 9.47 Å². The summed E-state index contributed by atoms with van der Waals surface area (Å²) in [5.74, 6) is -0.920. The highest BCUT2D eigenvalue weighted by atomic mass is 16.5. The van der Waals surface area contributed by atoms with E-state index in [1.807, 2.05) is 6.92 Å². The van der Waals surface area contributed by atoms with Gasteiger partial charge in [0.2, 0.25) is 0 Å². The molecule has 0 fully saturated rings. The molecule has 0 bridgehead atoms. The molecule has 0 spiro atoms. The van der Waals surface area contributed by atoms with Crippen molar-refractivity contribution >= 4 is 11.9 Å². The first-order valence-electron chi connectivity index (χ1n) is 10.1. The highest BCUT2D eigenvalue weighted by molar-refractivity contribution is 6.03. The van der Waals surface area contributed by atoms with E-state index in [-0.39, 0.29) is 11.1 Å². The summed E-state index contributed by atoms with van der Waals surface area (Å²) in [6.07, 6.45) is 11.7. The van der Waals surface area contributed by atoms with Crippen LogP contribution in [0.5, 0.6) is 0 Å². The van der Waals surface area contributed by atoms with Gasteiger partial charge in [0.05, 0.1) is 24.3 Å². The second-order valence-electron chi connectivity index (χ2n) is 6.65. The van der Waals surface area contributed by atoms with E-state index >= 15 is 0 Å². The SMILES string of the molecule is CCCCCCCCCCCOC(=O)c1ccccc1C(=O)OCCC. The van der Waals surface area contributed by atoms with Crippen molar-refractivity contribution in [2.24, 2.45) is 0 Å². The molecule has 1 rings (SSSR count). The fraction of sp³-hybridized carbons (Fsp3) is 0.636. The van der Waals surface area contributed by atoms with Crippen LogP contribution in [0.15, 0.2) is 24.3 Å². The van der Waals surface area contributed by atoms with Crippen molar-refractivity contribution in [3.63, 3.8) is 0 Å². The number of benzene rings is 1. The Morgan fingerprint density at radius 1 is 0.654 bits per heavy atom. The van der Waals surface area contributed by atoms with Crippen molar-refractivity contribution in [1.29, 1.82) is 0 Å². The Labute approximate surface area is 158 Å². The van der Waals surface area contributed by atoms with Crippen molar-refractivity contribution < 1.29 is 19.1 Å². The topological polar surface area (TPSA) is 52.6 Å². The third-order valence-electron chi connectivity index (χ3n) is 4.29. The maximum Gasteiger partial charge on any atom is 0.339 e. The van der Waals surface area contributed by atoms with Gasteiger partial charge in [-0.2, -0.15) is 0 Å². The normalized spacial score (nSPS) is 10.5. The second kappa shape index (κ2) is 14.3. The van der Waals surface area contributed by atoms with E-state index in [4.69, 9.17) is 9.47 Å². The molecule has 4 heteroatoms. The molecule has 0 heterocycles. The molecular weight excluding hydrogens is 328 g/mol. The van der Waals surface area contributed by atoms with Gasteiger partial charge in [0.25, 0.3) is 0 Å². The van der Waals surface area contributed by atoms with Crippen LogP contribution in [0.3, 0.4) is 0 Å². The molecule has 0 unspecified atom stereocenters. The van der Waals surface area contributed by atoms with Gasteiger partial charge in [0.15, 0.2) is 0 Å². The lowest BCUT2D eigenvalue weighted by Crippen LogP contribution is -2.14. The first-order chi connectivity index (χ1) is 12.7. The smallest absolute Gasteiger partial charge is 0.339 e. The lowest BCUT2D eigenvalue weighted by atomic mass is 10.1. The Morgan fingerprint density at radius 2 is 1.12 bits per heavy atom. The van der Waals surface area contributed by atoms with Gasteiger partial charge in [-0.3, -0.25) is 0 Å². The van der Waals surface area contributed by atoms with Crippen LogP contribution < -0.4 is 0 Å². The Kier molecular flexibility index (Phi) is 12.2. The molecule has 146 valence electrons. The van der Waals surface area contributed by atoms with Crippen molar-refractivity contribution in [2.75, 3.05) is 13.2 Å². The minimum absolute atomic E-state index is 0.276. The summed E-state index contributed by atoms with van der Waals surface area (Å²) in [7, 11) is 0. The van der Waals surface area contributed by atoms with Gasteiger partial charge in [-0.15, -0.1) is 0 Å². The number of unbranched alkanes of at least 4 members (excludes halogenated alkanes) is 8. The summed E-state index contributed by atoms with van der Waals surface area (Å²) in [6, 6.07) is 6.67. The molecular formula is C22H34O4. The Bertz CT molecular complexity index is 525. The minimum Gasteiger partial charge on any atom is -0.462 e. The maximum atomic E-state index is 12.2. The molecule has 26 heavy (non-hydrogen) atoms. The molecule has 1 aromatic rings. The molecule has 0 radical (unpaired) electrons. The second-order valence-corrected chi connectivity index (χ2v) is 6.65. The average molecular weight is 363 g/mol. The van der Waals surface area contributed by atoms with Crippen LogP contribution in [0.4, 0.5) is 0 Å². The highest BCUT2D eigenvalue weighted by Crippen LogP contribution is 2.13. The third-order valence-corrected chi connectivity index (χ3v) is 4.29. The van der Waals surface area contributed by atoms with E-state index in [0.717, 1.165) is 19.3 Å². The van der Waals surface area contributed by atoms with Crippen LogP contribution in [-0.4, -0.2) is 25.2 Å². The van der Waals surface area contributed by atoms with Crippen LogP contribution in [0.25, 0.3) is 0 Å². The molecule has 0 aliphatic rings. The van der Waals surface area contributed by atoms with Gasteiger partial charge in [-0.05, 0) is 25.0 Å². The van der Waals surface area contributed by atoms with Crippen molar-refractivity contribution in [1.82, 2.24) is 0 Å². The van der Waals surface area contributed by atoms with Crippen LogP contribution in [0.1, 0.15) is 98.8 Å². The van der Waals surface area contributed by atoms with Gasteiger partial charge >= 0.3 is 11.9 Å². The quantitative estimate of drug-likeness (QED) is 0.303. The molecule has 0 saturated heterocycles. The lowest BCUT2D eigenvalue weighted by molar-refractivity contribution is 0.0454. The first kappa shape index (κ1) is 22.2. The van der Waals surface area contributed by atoms with Crippen molar-refractivity contribution in [3.8, 4) is 0 Å². The first-order valence-corrected chi connectivity index (χ1v) is 10.1. The van der Waals surface area contributed by atoms with Crippen LogP contribution in [0.2, 0.25) is 0 Å². The minimum atomic E-state index is -0.470. The molecule has 0 amide bonds. The Morgan fingerprint density at radius 3 is 1.62 bits per heavy atom. The van der Waals surface area contributed by atoms with Crippen molar-refractivity contribution in [2.45, 2.75) is 78.1 Å². The number of esters is 2. The van der Waals surface area contributed by atoms with Gasteiger partial charge < -0.3 is 9.47 Å². The number of carbonyl (C=O) groups excluding carboxylic acids is 2. The molecule has 0 aromatic heterocycles. The molecule has 0 aliphatic carbocycles. The van der Waals surface area contributed by atoms with Gasteiger partial charge in [0.1, 0.15) is 0 Å². The third kappa shape index (κ3) is 9.02. The predicted octanol–water partition coefficient (Wildman–Crippen LogP) is 5.94. The predicted molar refractivity (Wildman–Crippen MR) is 105 cm³/mol. The summed E-state index contributed by atoms with van der Waals surface area (Å²) >= 11 is 0. The summed E-state index contributed by atoms with van der Waals surface area (Å²) in [4.78, 5) is 24.3. The van der Waals surface area contributed by atoms with Gasteiger partial charge in [-0.25, -0.2) is 9.59 Å². The summed E-state index contributed by atoms with van der Waals surface area (Å²) < 4.78 is 10.5. The molecule has 4 nitrogen and oxygen atoms in total. The molecule has 0 aliphatic heterocycles. The number of hydrogen-bond acceptors (Lipinski definition) is 4. The van der Waals surface area contributed by atoms with E-state index in [0.29, 0.717) is 13.2 Å². The van der Waals surface area contributed by atoms with E-state index in [1.165, 1.54) is 44.9 Å². The summed E-state index contributed by atoms with van der Waals surface area (Å²) in [5.41, 5.74) is 0.558. The fourth-order valence-corrected chi connectivity index (χ4v) is 2.77. The van der Waals surface area contributed by atoms with Crippen LogP contribution >= 0.6 is 0 Å². The van der Waals surface area contributed by atoms with E-state index in [2.05, 4.69) is 6.92 Å². The van der Waals surface area contributed by atoms with E-state index < -0.39 is 11.9 Å². The van der Waals surface area contributed by atoms with Gasteiger partial charge in [-0.1, -0.05) is 77.3 Å². The molecule has 0 atom stereocenters. The van der Waals surface area contributed by atoms with Crippen LogP contribution in [0, 0.1) is 0 Å². The number of carbonyl (C=O) groups is 2. The maximum absolute atomic E-state index is 12.2. The standard InChI is InChI=1S/C22H34O4/c1-3-5-6-7-8-9-10-11-14-18-26-22(24)20-16-13-12-15-19(20)21(23)25-17-4-2/h12-13,15-16H,3-11,14,17-18H2,1-2H3. The summed E-state index contributed by atoms with van der Waals surface area (Å²) in [5, 5.41) is 0. The number of rotatable bonds is 14. The Hall–Kier alpha value is -1.84. The largest absolute Gasteiger partial charge is 0.462 e.